The smallest absolute Gasteiger partial charge is 0.0373 e. The Labute approximate surface area is 153 Å². The molecule has 0 saturated heterocycles. The van der Waals surface area contributed by atoms with Gasteiger partial charge in [-0.25, -0.2) is 0 Å². The van der Waals surface area contributed by atoms with Crippen LogP contribution in [0.4, 0.5) is 11.4 Å². The van der Waals surface area contributed by atoms with Crippen molar-refractivity contribution in [2.24, 2.45) is 0 Å². The van der Waals surface area contributed by atoms with Crippen molar-refractivity contribution in [1.29, 1.82) is 0 Å². The highest BCUT2D eigenvalue weighted by molar-refractivity contribution is 5.59. The van der Waals surface area contributed by atoms with Crippen LogP contribution in [0.5, 0.6) is 0 Å². The van der Waals surface area contributed by atoms with Crippen molar-refractivity contribution in [3.05, 3.63) is 59.2 Å². The highest BCUT2D eigenvalue weighted by Crippen LogP contribution is 2.30. The summed E-state index contributed by atoms with van der Waals surface area (Å²) in [7, 11) is 0. The zero-order valence-corrected chi connectivity index (χ0v) is 15.9. The Morgan fingerprint density at radius 2 is 1.44 bits per heavy atom. The van der Waals surface area contributed by atoms with E-state index >= 15 is 0 Å². The largest absolute Gasteiger partial charge is 0.399 e. The topological polar surface area (TPSA) is 52.0 Å². The molecular weight excluding hydrogens is 304 g/mol. The summed E-state index contributed by atoms with van der Waals surface area (Å²) in [6.07, 6.45) is 10.7. The standard InChI is InChI=1S/C23H34N2/c1-3-4-5-6-7-8-9-10-19-11-13-20(14-12-19)18(2)22-16-15-21(24)17-23(22)25/h11-18H,3-10,24-25H2,1-2H3. The normalized spacial score (nSPS) is 12.2. The van der Waals surface area contributed by atoms with Gasteiger partial charge < -0.3 is 11.5 Å². The Bertz CT molecular complexity index is 631. The summed E-state index contributed by atoms with van der Waals surface area (Å²) in [4.78, 5) is 0. The summed E-state index contributed by atoms with van der Waals surface area (Å²) in [5, 5.41) is 0. The molecule has 0 aliphatic heterocycles. The van der Waals surface area contributed by atoms with Gasteiger partial charge in [-0.2, -0.15) is 0 Å². The van der Waals surface area contributed by atoms with Crippen molar-refractivity contribution in [1.82, 2.24) is 0 Å². The summed E-state index contributed by atoms with van der Waals surface area (Å²) in [6, 6.07) is 14.9. The van der Waals surface area contributed by atoms with Crippen LogP contribution in [0.1, 0.15) is 81.4 Å². The van der Waals surface area contributed by atoms with Crippen molar-refractivity contribution in [2.45, 2.75) is 71.1 Å². The second kappa shape index (κ2) is 10.1. The Kier molecular flexibility index (Phi) is 7.84. The summed E-state index contributed by atoms with van der Waals surface area (Å²) in [5.41, 5.74) is 17.3. The van der Waals surface area contributed by atoms with Crippen LogP contribution in [0.15, 0.2) is 42.5 Å². The van der Waals surface area contributed by atoms with Crippen LogP contribution in [0.2, 0.25) is 0 Å². The first kappa shape index (κ1) is 19.4. The van der Waals surface area contributed by atoms with E-state index in [0.717, 1.165) is 16.9 Å². The highest BCUT2D eigenvalue weighted by Gasteiger charge is 2.11. The molecule has 0 heterocycles. The number of aryl methyl sites for hydroxylation is 1. The molecular formula is C23H34N2. The molecule has 0 aliphatic carbocycles. The first-order chi connectivity index (χ1) is 12.1. The number of nitrogens with two attached hydrogens (primary N) is 2. The molecule has 0 radical (unpaired) electrons. The zero-order chi connectivity index (χ0) is 18.1. The van der Waals surface area contributed by atoms with E-state index in [2.05, 4.69) is 38.1 Å². The van der Waals surface area contributed by atoms with Gasteiger partial charge in [0.25, 0.3) is 0 Å². The molecule has 2 heteroatoms. The fourth-order valence-electron chi connectivity index (χ4n) is 3.43. The van der Waals surface area contributed by atoms with Gasteiger partial charge in [-0.3, -0.25) is 0 Å². The van der Waals surface area contributed by atoms with Crippen LogP contribution in [0, 0.1) is 0 Å². The molecule has 136 valence electrons. The molecule has 1 unspecified atom stereocenters. The average Bonchev–Trinajstić information content (AvgIpc) is 2.61. The Balaban J connectivity index is 1.83. The molecule has 0 amide bonds. The van der Waals surface area contributed by atoms with E-state index in [9.17, 15) is 0 Å². The van der Waals surface area contributed by atoms with Crippen LogP contribution in [0.3, 0.4) is 0 Å². The fraction of sp³-hybridized carbons (Fsp3) is 0.478. The number of anilines is 2. The van der Waals surface area contributed by atoms with E-state index in [0.29, 0.717) is 0 Å². The molecule has 0 aliphatic rings. The Morgan fingerprint density at radius 1 is 0.800 bits per heavy atom. The number of rotatable bonds is 10. The summed E-state index contributed by atoms with van der Waals surface area (Å²) in [5.74, 6) is 0.285. The van der Waals surface area contributed by atoms with E-state index in [1.807, 2.05) is 18.2 Å². The predicted molar refractivity (Wildman–Crippen MR) is 111 cm³/mol. The molecule has 0 spiro atoms. The van der Waals surface area contributed by atoms with Gasteiger partial charge in [0.05, 0.1) is 0 Å². The van der Waals surface area contributed by atoms with Gasteiger partial charge in [-0.15, -0.1) is 0 Å². The van der Waals surface area contributed by atoms with E-state index in [1.54, 1.807) is 0 Å². The zero-order valence-electron chi connectivity index (χ0n) is 15.9. The number of benzene rings is 2. The molecule has 25 heavy (non-hydrogen) atoms. The third-order valence-corrected chi connectivity index (χ3v) is 5.13. The maximum absolute atomic E-state index is 6.13. The second-order valence-corrected chi connectivity index (χ2v) is 7.22. The van der Waals surface area contributed by atoms with E-state index < -0.39 is 0 Å². The lowest BCUT2D eigenvalue weighted by atomic mass is 9.91. The van der Waals surface area contributed by atoms with Gasteiger partial charge in [-0.05, 0) is 41.7 Å². The molecule has 1 atom stereocenters. The van der Waals surface area contributed by atoms with Crippen molar-refractivity contribution in [2.75, 3.05) is 11.5 Å². The maximum Gasteiger partial charge on any atom is 0.0373 e. The maximum atomic E-state index is 6.13. The third-order valence-electron chi connectivity index (χ3n) is 5.13. The van der Waals surface area contributed by atoms with Gasteiger partial charge in [0.1, 0.15) is 0 Å². The van der Waals surface area contributed by atoms with Gasteiger partial charge in [0.15, 0.2) is 0 Å². The minimum Gasteiger partial charge on any atom is -0.399 e. The molecule has 0 fully saturated rings. The first-order valence-corrected chi connectivity index (χ1v) is 9.85. The average molecular weight is 339 g/mol. The molecule has 0 bridgehead atoms. The summed E-state index contributed by atoms with van der Waals surface area (Å²) < 4.78 is 0. The van der Waals surface area contributed by atoms with Crippen molar-refractivity contribution in [3.8, 4) is 0 Å². The van der Waals surface area contributed by atoms with Crippen LogP contribution in [-0.4, -0.2) is 0 Å². The lowest BCUT2D eigenvalue weighted by molar-refractivity contribution is 0.589. The Morgan fingerprint density at radius 3 is 2.08 bits per heavy atom. The highest BCUT2D eigenvalue weighted by atomic mass is 14.6. The molecule has 0 saturated carbocycles. The molecule has 0 aromatic heterocycles. The summed E-state index contributed by atoms with van der Waals surface area (Å²) >= 11 is 0. The number of unbranched alkanes of at least 4 members (excludes halogenated alkanes) is 6. The Hall–Kier alpha value is -1.96. The molecule has 2 rings (SSSR count). The van der Waals surface area contributed by atoms with Crippen LogP contribution in [-0.2, 0) is 6.42 Å². The van der Waals surface area contributed by atoms with Crippen LogP contribution in [0.25, 0.3) is 0 Å². The van der Waals surface area contributed by atoms with Crippen LogP contribution < -0.4 is 11.5 Å². The molecule has 4 N–H and O–H groups in total. The first-order valence-electron chi connectivity index (χ1n) is 9.85. The minimum atomic E-state index is 0.285. The van der Waals surface area contributed by atoms with E-state index in [1.165, 1.54) is 62.5 Å². The van der Waals surface area contributed by atoms with Crippen LogP contribution >= 0.6 is 0 Å². The monoisotopic (exact) mass is 338 g/mol. The lowest BCUT2D eigenvalue weighted by Gasteiger charge is -2.16. The quantitative estimate of drug-likeness (QED) is 0.395. The van der Waals surface area contributed by atoms with Crippen molar-refractivity contribution in [3.63, 3.8) is 0 Å². The number of hydrogen-bond donors (Lipinski definition) is 2. The molecule has 2 aromatic rings. The van der Waals surface area contributed by atoms with E-state index in [-0.39, 0.29) is 5.92 Å². The predicted octanol–water partition coefficient (Wildman–Crippen LogP) is 6.30. The van der Waals surface area contributed by atoms with Gasteiger partial charge in [0.2, 0.25) is 0 Å². The van der Waals surface area contributed by atoms with E-state index in [4.69, 9.17) is 11.5 Å². The second-order valence-electron chi connectivity index (χ2n) is 7.22. The number of nitrogen functional groups attached to an aromatic ring is 2. The van der Waals surface area contributed by atoms with Gasteiger partial charge in [0, 0.05) is 17.3 Å². The fourth-order valence-corrected chi connectivity index (χ4v) is 3.43. The SMILES string of the molecule is CCCCCCCCCc1ccc(C(C)c2ccc(N)cc2N)cc1. The third kappa shape index (κ3) is 6.12. The van der Waals surface area contributed by atoms with Gasteiger partial charge in [-0.1, -0.05) is 82.7 Å². The minimum absolute atomic E-state index is 0.285. The lowest BCUT2D eigenvalue weighted by Crippen LogP contribution is -2.02. The number of hydrogen-bond acceptors (Lipinski definition) is 2. The molecule has 2 nitrogen and oxygen atoms in total. The van der Waals surface area contributed by atoms with Crippen molar-refractivity contribution < 1.29 is 0 Å². The molecule has 2 aromatic carbocycles. The summed E-state index contributed by atoms with van der Waals surface area (Å²) in [6.45, 7) is 4.47. The van der Waals surface area contributed by atoms with Crippen molar-refractivity contribution >= 4 is 11.4 Å². The van der Waals surface area contributed by atoms with Gasteiger partial charge >= 0.3 is 0 Å².